The topological polar surface area (TPSA) is 104 Å². The summed E-state index contributed by atoms with van der Waals surface area (Å²) in [6, 6.07) is 14.4. The van der Waals surface area contributed by atoms with E-state index in [9.17, 15) is 14.4 Å². The minimum atomic E-state index is -1.19. The molecule has 1 aromatic heterocycles. The first-order valence-corrected chi connectivity index (χ1v) is 10.6. The molecule has 8 nitrogen and oxygen atoms in total. The molecular weight excluding hydrogens is 408 g/mol. The number of hydrogen-bond acceptors (Lipinski definition) is 4. The van der Waals surface area contributed by atoms with E-state index in [1.807, 2.05) is 37.4 Å². The van der Waals surface area contributed by atoms with Gasteiger partial charge in [-0.25, -0.2) is 4.79 Å². The van der Waals surface area contributed by atoms with Crippen LogP contribution in [0.1, 0.15) is 24.5 Å². The Balaban J connectivity index is 1.39. The number of hydrogen-bond donors (Lipinski definition) is 3. The summed E-state index contributed by atoms with van der Waals surface area (Å²) in [5.74, 6) is -0.153. The fraction of sp³-hybridized carbons (Fsp3) is 0.292. The molecule has 0 spiro atoms. The van der Waals surface area contributed by atoms with Gasteiger partial charge in [-0.05, 0) is 42.2 Å². The van der Waals surface area contributed by atoms with Crippen molar-refractivity contribution >= 4 is 28.7 Å². The van der Waals surface area contributed by atoms with Gasteiger partial charge in [0, 0.05) is 23.6 Å². The normalized spacial score (nSPS) is 18.1. The molecule has 4 rings (SSSR count). The Bertz CT molecular complexity index is 1150. The molecule has 0 saturated carbocycles. The van der Waals surface area contributed by atoms with Crippen LogP contribution in [-0.4, -0.2) is 47.9 Å². The number of imide groups is 1. The van der Waals surface area contributed by atoms with Crippen LogP contribution in [0.15, 0.2) is 54.7 Å². The summed E-state index contributed by atoms with van der Waals surface area (Å²) >= 11 is 0. The van der Waals surface area contributed by atoms with Crippen molar-refractivity contribution in [1.82, 2.24) is 20.5 Å². The van der Waals surface area contributed by atoms with Crippen LogP contribution in [0.25, 0.3) is 10.9 Å². The lowest BCUT2D eigenvalue weighted by molar-refractivity contribution is -0.135. The van der Waals surface area contributed by atoms with Crippen LogP contribution in [0.2, 0.25) is 0 Å². The van der Waals surface area contributed by atoms with Crippen LogP contribution < -0.4 is 15.4 Å². The van der Waals surface area contributed by atoms with E-state index in [0.29, 0.717) is 30.7 Å². The van der Waals surface area contributed by atoms with Crippen LogP contribution in [0, 0.1) is 0 Å². The van der Waals surface area contributed by atoms with E-state index in [4.69, 9.17) is 4.74 Å². The lowest BCUT2D eigenvalue weighted by Crippen LogP contribution is -2.45. The average Bonchev–Trinajstić information content (AvgIpc) is 3.33. The van der Waals surface area contributed by atoms with E-state index in [-0.39, 0.29) is 12.5 Å². The summed E-state index contributed by atoms with van der Waals surface area (Å²) in [6.45, 7) is 1.91. The van der Waals surface area contributed by atoms with Gasteiger partial charge in [0.05, 0.1) is 7.11 Å². The number of methoxy groups -OCH3 is 1. The first-order valence-electron chi connectivity index (χ1n) is 10.6. The molecule has 32 heavy (non-hydrogen) atoms. The van der Waals surface area contributed by atoms with Gasteiger partial charge in [-0.3, -0.25) is 14.5 Å². The van der Waals surface area contributed by atoms with Crippen molar-refractivity contribution < 1.29 is 19.1 Å². The zero-order chi connectivity index (χ0) is 22.7. The van der Waals surface area contributed by atoms with E-state index in [0.717, 1.165) is 21.4 Å². The highest BCUT2D eigenvalue weighted by Gasteiger charge is 2.51. The van der Waals surface area contributed by atoms with E-state index < -0.39 is 17.5 Å². The number of para-hydroxylation sites is 1. The second kappa shape index (κ2) is 8.74. The molecule has 0 radical (unpaired) electrons. The quantitative estimate of drug-likeness (QED) is 0.474. The zero-order valence-corrected chi connectivity index (χ0v) is 18.1. The van der Waals surface area contributed by atoms with Gasteiger partial charge in [0.25, 0.3) is 5.91 Å². The minimum Gasteiger partial charge on any atom is -0.497 e. The number of nitrogens with zero attached hydrogens (tertiary/aromatic N) is 1. The number of urea groups is 1. The van der Waals surface area contributed by atoms with Crippen molar-refractivity contribution in [3.8, 4) is 5.75 Å². The monoisotopic (exact) mass is 434 g/mol. The number of carbonyl (C=O) groups excluding carboxylic acids is 3. The van der Waals surface area contributed by atoms with Gasteiger partial charge < -0.3 is 20.4 Å². The maximum atomic E-state index is 13.2. The lowest BCUT2D eigenvalue weighted by Gasteiger charge is -2.26. The Kier molecular flexibility index (Phi) is 5.85. The van der Waals surface area contributed by atoms with Crippen molar-refractivity contribution in [2.75, 3.05) is 20.2 Å². The molecule has 0 bridgehead atoms. The Morgan fingerprint density at radius 3 is 2.59 bits per heavy atom. The molecule has 1 saturated heterocycles. The second-order valence-electron chi connectivity index (χ2n) is 7.77. The fourth-order valence-corrected chi connectivity index (χ4v) is 4.16. The largest absolute Gasteiger partial charge is 0.497 e. The fourth-order valence-electron chi connectivity index (χ4n) is 4.16. The van der Waals surface area contributed by atoms with E-state index in [2.05, 4.69) is 15.6 Å². The number of fused-ring (bicyclic) bond motifs is 1. The Labute approximate surface area is 185 Å². The standard InChI is InChI=1S/C24H26N4O4/c1-3-24(17-8-10-18(32-2)11-9-17)22(30)28(23(31)27-24)15-21(29)25-13-12-16-14-26-20-7-5-4-6-19(16)20/h4-11,14,26H,3,12-13,15H2,1-2H3,(H,25,29)(H,27,31)/t24-/m0/s1. The van der Waals surface area contributed by atoms with Gasteiger partial charge in [-0.1, -0.05) is 37.3 Å². The Hall–Kier alpha value is -3.81. The third-order valence-corrected chi connectivity index (χ3v) is 5.98. The van der Waals surface area contributed by atoms with Gasteiger partial charge in [0.15, 0.2) is 0 Å². The zero-order valence-electron chi connectivity index (χ0n) is 18.1. The highest BCUT2D eigenvalue weighted by Crippen LogP contribution is 2.33. The first kappa shape index (κ1) is 21.4. The molecule has 4 amide bonds. The molecule has 0 aliphatic carbocycles. The molecule has 1 aliphatic heterocycles. The van der Waals surface area contributed by atoms with E-state index in [1.54, 1.807) is 31.4 Å². The molecule has 3 N–H and O–H groups in total. The second-order valence-corrected chi connectivity index (χ2v) is 7.77. The smallest absolute Gasteiger partial charge is 0.325 e. The molecule has 1 aliphatic rings. The van der Waals surface area contributed by atoms with Crippen molar-refractivity contribution in [2.24, 2.45) is 0 Å². The predicted octanol–water partition coefficient (Wildman–Crippen LogP) is 2.69. The lowest BCUT2D eigenvalue weighted by atomic mass is 9.87. The highest BCUT2D eigenvalue weighted by molar-refractivity contribution is 6.09. The van der Waals surface area contributed by atoms with Crippen molar-refractivity contribution in [2.45, 2.75) is 25.3 Å². The average molecular weight is 434 g/mol. The van der Waals surface area contributed by atoms with E-state index >= 15 is 0 Å². The maximum absolute atomic E-state index is 13.2. The van der Waals surface area contributed by atoms with Crippen molar-refractivity contribution in [3.63, 3.8) is 0 Å². The predicted molar refractivity (Wildman–Crippen MR) is 120 cm³/mol. The third-order valence-electron chi connectivity index (χ3n) is 5.98. The summed E-state index contributed by atoms with van der Waals surface area (Å²) < 4.78 is 5.17. The molecule has 1 atom stereocenters. The number of carbonyl (C=O) groups is 3. The number of aromatic nitrogens is 1. The van der Waals surface area contributed by atoms with Gasteiger partial charge in [0.1, 0.15) is 17.8 Å². The number of rotatable bonds is 8. The molecule has 1 fully saturated rings. The molecule has 8 heteroatoms. The minimum absolute atomic E-state index is 0.323. The van der Waals surface area contributed by atoms with Gasteiger partial charge in [0.2, 0.25) is 5.91 Å². The van der Waals surface area contributed by atoms with Crippen LogP contribution >= 0.6 is 0 Å². The molecule has 3 aromatic rings. The van der Waals surface area contributed by atoms with Gasteiger partial charge in [-0.15, -0.1) is 0 Å². The third kappa shape index (κ3) is 3.79. The van der Waals surface area contributed by atoms with Crippen molar-refractivity contribution in [3.05, 3.63) is 65.9 Å². The van der Waals surface area contributed by atoms with Crippen molar-refractivity contribution in [1.29, 1.82) is 0 Å². The molecule has 166 valence electrons. The maximum Gasteiger partial charge on any atom is 0.325 e. The number of H-pyrrole nitrogens is 1. The molecular formula is C24H26N4O4. The first-order chi connectivity index (χ1) is 15.5. The Morgan fingerprint density at radius 2 is 1.88 bits per heavy atom. The van der Waals surface area contributed by atoms with Gasteiger partial charge in [-0.2, -0.15) is 0 Å². The summed E-state index contributed by atoms with van der Waals surface area (Å²) in [7, 11) is 1.56. The highest BCUT2D eigenvalue weighted by atomic mass is 16.5. The summed E-state index contributed by atoms with van der Waals surface area (Å²) in [4.78, 5) is 42.5. The summed E-state index contributed by atoms with van der Waals surface area (Å²) in [5, 5.41) is 6.71. The van der Waals surface area contributed by atoms with E-state index in [1.165, 1.54) is 0 Å². The van der Waals surface area contributed by atoms with Crippen LogP contribution in [0.3, 0.4) is 0 Å². The Morgan fingerprint density at radius 1 is 1.12 bits per heavy atom. The summed E-state index contributed by atoms with van der Waals surface area (Å²) in [5.41, 5.74) is 1.61. The molecule has 0 unspecified atom stereocenters. The van der Waals surface area contributed by atoms with Crippen LogP contribution in [0.5, 0.6) is 5.75 Å². The molecule has 2 aromatic carbocycles. The number of amides is 4. The number of ether oxygens (including phenoxy) is 1. The summed E-state index contributed by atoms with van der Waals surface area (Å²) in [6.07, 6.45) is 2.93. The molecule has 2 heterocycles. The van der Waals surface area contributed by atoms with Crippen LogP contribution in [0.4, 0.5) is 4.79 Å². The SMILES string of the molecule is CC[C@@]1(c2ccc(OC)cc2)NC(=O)N(CC(=O)NCCc2c[nH]c3ccccc23)C1=O. The van der Waals surface area contributed by atoms with Crippen LogP contribution in [-0.2, 0) is 21.5 Å². The number of nitrogens with one attached hydrogen (secondary N) is 3. The van der Waals surface area contributed by atoms with Gasteiger partial charge >= 0.3 is 6.03 Å². The number of aromatic amines is 1. The number of benzene rings is 2.